The number of carbonyl (C=O) groups excluding carboxylic acids is 2. The van der Waals surface area contributed by atoms with Crippen LogP contribution in [0.5, 0.6) is 5.75 Å². The Labute approximate surface area is 192 Å². The van der Waals surface area contributed by atoms with Crippen molar-refractivity contribution in [2.45, 2.75) is 52.6 Å². The summed E-state index contributed by atoms with van der Waals surface area (Å²) in [5, 5.41) is 3.98. The number of benzene rings is 1. The highest BCUT2D eigenvalue weighted by Crippen LogP contribution is 2.34. The van der Waals surface area contributed by atoms with Gasteiger partial charge in [-0.2, -0.15) is 0 Å². The maximum atomic E-state index is 13.2. The molecule has 0 radical (unpaired) electrons. The molecule has 2 atom stereocenters. The maximum absolute atomic E-state index is 13.2. The molecule has 0 spiro atoms. The number of amides is 1. The quantitative estimate of drug-likeness (QED) is 0.577. The summed E-state index contributed by atoms with van der Waals surface area (Å²) in [6.45, 7) is 6.96. The molecule has 2 unspecified atom stereocenters. The molecular formula is C26H28N2O5. The lowest BCUT2D eigenvalue weighted by Gasteiger charge is -2.38. The van der Waals surface area contributed by atoms with Gasteiger partial charge in [0.25, 0.3) is 5.91 Å². The summed E-state index contributed by atoms with van der Waals surface area (Å²) in [6.07, 6.45) is 2.48. The lowest BCUT2D eigenvalue weighted by molar-refractivity contribution is 0.0391. The van der Waals surface area contributed by atoms with Crippen LogP contribution < -0.4 is 4.74 Å². The first kappa shape index (κ1) is 21.5. The number of ketones is 1. The van der Waals surface area contributed by atoms with E-state index in [0.717, 1.165) is 35.4 Å². The lowest BCUT2D eigenvalue weighted by Crippen LogP contribution is -2.46. The molecule has 33 heavy (non-hydrogen) atoms. The number of hydrogen-bond acceptors (Lipinski definition) is 6. The first-order valence-corrected chi connectivity index (χ1v) is 11.5. The number of piperidine rings is 1. The van der Waals surface area contributed by atoms with Crippen LogP contribution in [0.25, 0.3) is 0 Å². The fourth-order valence-electron chi connectivity index (χ4n) is 4.89. The number of hydrogen-bond donors (Lipinski definition) is 0. The minimum atomic E-state index is -0.213. The fourth-order valence-corrected chi connectivity index (χ4v) is 4.89. The van der Waals surface area contributed by atoms with E-state index in [1.807, 2.05) is 49.9 Å². The number of Topliss-reactive ketones (excluding diaryl/α,β-unsaturated/α-hetero) is 1. The zero-order chi connectivity index (χ0) is 23.1. The van der Waals surface area contributed by atoms with E-state index in [-0.39, 0.29) is 23.7 Å². The highest BCUT2D eigenvalue weighted by molar-refractivity contribution is 6.00. The van der Waals surface area contributed by atoms with Gasteiger partial charge in [0.15, 0.2) is 11.5 Å². The molecule has 1 aromatic carbocycles. The Morgan fingerprint density at radius 3 is 2.82 bits per heavy atom. The van der Waals surface area contributed by atoms with Gasteiger partial charge >= 0.3 is 0 Å². The molecule has 0 N–H and O–H groups in total. The van der Waals surface area contributed by atoms with Gasteiger partial charge in [0.05, 0.1) is 11.3 Å². The molecule has 2 aliphatic rings. The molecule has 0 aliphatic carbocycles. The van der Waals surface area contributed by atoms with Crippen LogP contribution in [0.4, 0.5) is 0 Å². The smallest absolute Gasteiger partial charge is 0.289 e. The van der Waals surface area contributed by atoms with Crippen LogP contribution in [0.15, 0.2) is 39.3 Å². The zero-order valence-corrected chi connectivity index (χ0v) is 19.2. The van der Waals surface area contributed by atoms with Crippen molar-refractivity contribution in [3.05, 3.63) is 70.0 Å². The highest BCUT2D eigenvalue weighted by atomic mass is 16.5. The van der Waals surface area contributed by atoms with Crippen LogP contribution in [0.2, 0.25) is 0 Å². The normalized spacial score (nSPS) is 20.5. The molecule has 2 aliphatic heterocycles. The average Bonchev–Trinajstić information content (AvgIpc) is 3.41. The largest absolute Gasteiger partial charge is 0.489 e. The number of furan rings is 1. The molecule has 3 aromatic rings. The van der Waals surface area contributed by atoms with E-state index < -0.39 is 0 Å². The minimum Gasteiger partial charge on any atom is -0.489 e. The van der Waals surface area contributed by atoms with Crippen molar-refractivity contribution in [1.82, 2.24) is 10.1 Å². The van der Waals surface area contributed by atoms with Gasteiger partial charge in [-0.1, -0.05) is 16.8 Å². The van der Waals surface area contributed by atoms with E-state index >= 15 is 0 Å². The number of nitrogens with zero attached hydrogens (tertiary/aromatic N) is 2. The molecule has 7 heteroatoms. The van der Waals surface area contributed by atoms with Gasteiger partial charge in [-0.3, -0.25) is 9.59 Å². The van der Waals surface area contributed by atoms with Gasteiger partial charge in [-0.25, -0.2) is 0 Å². The van der Waals surface area contributed by atoms with Crippen LogP contribution in [0.3, 0.4) is 0 Å². The molecule has 1 fully saturated rings. The van der Waals surface area contributed by atoms with Crippen molar-refractivity contribution in [3.8, 4) is 5.75 Å². The molecule has 5 rings (SSSR count). The van der Waals surface area contributed by atoms with E-state index in [9.17, 15) is 9.59 Å². The maximum Gasteiger partial charge on any atom is 0.289 e. The minimum absolute atomic E-state index is 0.109. The Bertz CT molecular complexity index is 1190. The van der Waals surface area contributed by atoms with Crippen molar-refractivity contribution in [3.63, 3.8) is 0 Å². The molecule has 0 saturated carbocycles. The van der Waals surface area contributed by atoms with Crippen molar-refractivity contribution in [1.29, 1.82) is 0 Å². The van der Waals surface area contributed by atoms with E-state index in [4.69, 9.17) is 13.7 Å². The Morgan fingerprint density at radius 1 is 1.18 bits per heavy atom. The number of likely N-dealkylation sites (tertiary alicyclic amines) is 1. The molecule has 1 saturated heterocycles. The Hall–Kier alpha value is -3.35. The first-order valence-electron chi connectivity index (χ1n) is 11.5. The van der Waals surface area contributed by atoms with E-state index in [1.165, 1.54) is 0 Å². The lowest BCUT2D eigenvalue weighted by atomic mass is 9.86. The van der Waals surface area contributed by atoms with Crippen LogP contribution in [0, 0.1) is 26.7 Å². The van der Waals surface area contributed by atoms with E-state index in [1.54, 1.807) is 6.07 Å². The zero-order valence-electron chi connectivity index (χ0n) is 19.2. The third-order valence-corrected chi connectivity index (χ3v) is 6.78. The summed E-state index contributed by atoms with van der Waals surface area (Å²) in [4.78, 5) is 27.7. The molecular weight excluding hydrogens is 420 g/mol. The summed E-state index contributed by atoms with van der Waals surface area (Å²) in [7, 11) is 0. The SMILES string of the molecule is Cc1ccc2c(c1)C(=O)CC(C1CCCN(C(=O)c3ccc(Cc4c(C)noc4C)o3)C1)O2. The molecule has 1 amide bonds. The topological polar surface area (TPSA) is 85.8 Å². The predicted molar refractivity (Wildman–Crippen MR) is 121 cm³/mol. The number of rotatable bonds is 4. The van der Waals surface area contributed by atoms with Gasteiger partial charge in [-0.05, 0) is 57.9 Å². The van der Waals surface area contributed by atoms with E-state index in [0.29, 0.717) is 48.8 Å². The van der Waals surface area contributed by atoms with Crippen LogP contribution in [-0.2, 0) is 6.42 Å². The number of aryl methyl sites for hydroxylation is 3. The molecule has 0 bridgehead atoms. The number of aromatic nitrogens is 1. The second-order valence-electron chi connectivity index (χ2n) is 9.18. The predicted octanol–water partition coefficient (Wildman–Crippen LogP) is 4.67. The van der Waals surface area contributed by atoms with Crippen molar-refractivity contribution in [2.24, 2.45) is 5.92 Å². The summed E-state index contributed by atoms with van der Waals surface area (Å²) in [5.74, 6) is 2.55. The van der Waals surface area contributed by atoms with E-state index in [2.05, 4.69) is 5.16 Å². The van der Waals surface area contributed by atoms with Crippen molar-refractivity contribution >= 4 is 11.7 Å². The fraction of sp³-hybridized carbons (Fsp3) is 0.423. The molecule has 172 valence electrons. The summed E-state index contributed by atoms with van der Waals surface area (Å²) >= 11 is 0. The molecule has 7 nitrogen and oxygen atoms in total. The van der Waals surface area contributed by atoms with Crippen LogP contribution in [0.1, 0.15) is 68.5 Å². The Kier molecular flexibility index (Phi) is 5.56. The Morgan fingerprint density at radius 2 is 2.03 bits per heavy atom. The number of carbonyl (C=O) groups is 2. The van der Waals surface area contributed by atoms with Gasteiger partial charge in [-0.15, -0.1) is 0 Å². The second kappa shape index (κ2) is 8.54. The first-order chi connectivity index (χ1) is 15.9. The van der Waals surface area contributed by atoms with Gasteiger partial charge in [0.2, 0.25) is 0 Å². The van der Waals surface area contributed by atoms with Gasteiger partial charge in [0.1, 0.15) is 23.4 Å². The molecule has 2 aromatic heterocycles. The number of ether oxygens (including phenoxy) is 1. The average molecular weight is 449 g/mol. The van der Waals surface area contributed by atoms with Crippen LogP contribution >= 0.6 is 0 Å². The molecule has 4 heterocycles. The summed E-state index contributed by atoms with van der Waals surface area (Å²) in [5.41, 5.74) is 3.52. The number of fused-ring (bicyclic) bond motifs is 1. The highest BCUT2D eigenvalue weighted by Gasteiger charge is 2.36. The summed E-state index contributed by atoms with van der Waals surface area (Å²) < 4.78 is 17.3. The van der Waals surface area contributed by atoms with Crippen molar-refractivity contribution < 1.29 is 23.3 Å². The third kappa shape index (κ3) is 4.19. The Balaban J connectivity index is 1.27. The van der Waals surface area contributed by atoms with Gasteiger partial charge < -0.3 is 18.6 Å². The van der Waals surface area contributed by atoms with Crippen LogP contribution in [-0.4, -0.2) is 40.9 Å². The van der Waals surface area contributed by atoms with Crippen molar-refractivity contribution in [2.75, 3.05) is 13.1 Å². The monoisotopic (exact) mass is 448 g/mol. The van der Waals surface area contributed by atoms with Gasteiger partial charge in [0, 0.05) is 37.4 Å². The second-order valence-corrected chi connectivity index (χ2v) is 9.18. The third-order valence-electron chi connectivity index (χ3n) is 6.78. The summed E-state index contributed by atoms with van der Waals surface area (Å²) in [6, 6.07) is 9.30. The standard InChI is InChI=1S/C26H28N2O5/c1-15-6-8-23-21(11-15)22(29)13-25(32-23)18-5-4-10-28(14-18)26(30)24-9-7-19(31-24)12-20-16(2)27-33-17(20)3/h6-9,11,18,25H,4-5,10,12-14H2,1-3H3.